The predicted octanol–water partition coefficient (Wildman–Crippen LogP) is 4.51. The van der Waals surface area contributed by atoms with E-state index in [0.29, 0.717) is 12.1 Å². The average molecular weight is 439 g/mol. The Kier molecular flexibility index (Phi) is 5.67. The number of hydrogen-bond donors (Lipinski definition) is 1. The lowest BCUT2D eigenvalue weighted by Crippen LogP contribution is -2.17. The molecule has 0 unspecified atom stereocenters. The maximum absolute atomic E-state index is 15.0. The number of ether oxygens (including phenoxy) is 1. The topological polar surface area (TPSA) is 93.9 Å². The van der Waals surface area contributed by atoms with E-state index >= 15 is 4.39 Å². The highest BCUT2D eigenvalue weighted by Crippen LogP contribution is 2.37. The van der Waals surface area contributed by atoms with Crippen molar-refractivity contribution in [1.82, 2.24) is 9.55 Å². The maximum Gasteiger partial charge on any atom is 0.416 e. The number of benzene rings is 2. The highest BCUT2D eigenvalue weighted by Gasteiger charge is 2.32. The first kappa shape index (κ1) is 21.1. The van der Waals surface area contributed by atoms with Gasteiger partial charge >= 0.3 is 6.18 Å². The quantitative estimate of drug-likeness (QED) is 0.593. The van der Waals surface area contributed by atoms with Gasteiger partial charge in [0.2, 0.25) is 0 Å². The molecule has 1 heterocycles. The van der Waals surface area contributed by atoms with Crippen molar-refractivity contribution in [3.8, 4) is 17.6 Å². The van der Waals surface area contributed by atoms with Crippen LogP contribution in [0.3, 0.4) is 0 Å². The summed E-state index contributed by atoms with van der Waals surface area (Å²) in [6.07, 6.45) is -2.26. The highest BCUT2D eigenvalue weighted by atomic mass is 35.5. The molecule has 0 aliphatic heterocycles. The number of nitrogens with two attached hydrogens (primary N) is 1. The third kappa shape index (κ3) is 4.36. The molecule has 154 valence electrons. The molecule has 0 fully saturated rings. The monoisotopic (exact) mass is 438 g/mol. The molecule has 0 spiro atoms. The number of nitriles is 1. The van der Waals surface area contributed by atoms with Crippen molar-refractivity contribution in [3.63, 3.8) is 0 Å². The number of carbonyl (C=O) groups is 1. The fourth-order valence-electron chi connectivity index (χ4n) is 2.63. The van der Waals surface area contributed by atoms with Gasteiger partial charge in [-0.2, -0.15) is 18.4 Å². The lowest BCUT2D eigenvalue weighted by molar-refractivity contribution is -0.137. The van der Waals surface area contributed by atoms with Gasteiger partial charge in [-0.1, -0.05) is 17.7 Å². The lowest BCUT2D eigenvalue weighted by Gasteiger charge is -2.14. The zero-order chi connectivity index (χ0) is 22.1. The van der Waals surface area contributed by atoms with E-state index < -0.39 is 35.0 Å². The zero-order valence-electron chi connectivity index (χ0n) is 14.9. The van der Waals surface area contributed by atoms with E-state index in [1.54, 1.807) is 6.07 Å². The highest BCUT2D eigenvalue weighted by molar-refractivity contribution is 6.32. The van der Waals surface area contributed by atoms with Crippen LogP contribution in [-0.4, -0.2) is 15.5 Å². The van der Waals surface area contributed by atoms with Crippen LogP contribution in [-0.2, 0) is 12.7 Å². The zero-order valence-corrected chi connectivity index (χ0v) is 15.6. The lowest BCUT2D eigenvalue weighted by atomic mass is 10.1. The molecule has 6 nitrogen and oxygen atoms in total. The molecule has 2 aromatic carbocycles. The number of halogens is 5. The minimum absolute atomic E-state index is 0.0161. The Labute approximate surface area is 172 Å². The van der Waals surface area contributed by atoms with Gasteiger partial charge in [-0.3, -0.25) is 4.79 Å². The van der Waals surface area contributed by atoms with Crippen LogP contribution in [0, 0.1) is 17.1 Å². The Morgan fingerprint density at radius 1 is 1.30 bits per heavy atom. The Bertz CT molecular complexity index is 1170. The number of amides is 1. The van der Waals surface area contributed by atoms with E-state index in [1.165, 1.54) is 29.2 Å². The Balaban J connectivity index is 2.00. The number of alkyl halides is 3. The molecule has 0 aliphatic carbocycles. The SMILES string of the molecule is N#Cc1cc(Oc2c(Cl)ccc(Cn3cncc3C(N)=O)c2F)cc(C(F)(F)F)c1. The summed E-state index contributed by atoms with van der Waals surface area (Å²) in [5, 5.41) is 8.77. The molecule has 0 saturated heterocycles. The van der Waals surface area contributed by atoms with Crippen molar-refractivity contribution in [2.45, 2.75) is 12.7 Å². The third-order valence-electron chi connectivity index (χ3n) is 4.02. The van der Waals surface area contributed by atoms with Gasteiger partial charge in [0, 0.05) is 5.56 Å². The predicted molar refractivity (Wildman–Crippen MR) is 97.5 cm³/mol. The molecule has 0 atom stereocenters. The number of nitrogens with zero attached hydrogens (tertiary/aromatic N) is 3. The molecule has 1 amide bonds. The molecule has 3 aromatic rings. The van der Waals surface area contributed by atoms with Gasteiger partial charge in [-0.25, -0.2) is 9.37 Å². The second-order valence-corrected chi connectivity index (χ2v) is 6.49. The normalized spacial score (nSPS) is 11.2. The number of aromatic nitrogens is 2. The van der Waals surface area contributed by atoms with Gasteiger partial charge in [-0.05, 0) is 24.3 Å². The average Bonchev–Trinajstić information content (AvgIpc) is 3.15. The summed E-state index contributed by atoms with van der Waals surface area (Å²) in [7, 11) is 0. The van der Waals surface area contributed by atoms with Crippen molar-refractivity contribution in [3.05, 3.63) is 76.1 Å². The first-order valence-electron chi connectivity index (χ1n) is 8.17. The van der Waals surface area contributed by atoms with E-state index in [-0.39, 0.29) is 28.4 Å². The first-order chi connectivity index (χ1) is 14.1. The first-order valence-corrected chi connectivity index (χ1v) is 8.55. The van der Waals surface area contributed by atoms with E-state index in [0.717, 1.165) is 6.07 Å². The molecule has 11 heteroatoms. The molecule has 3 rings (SSSR count). The molecule has 30 heavy (non-hydrogen) atoms. The van der Waals surface area contributed by atoms with E-state index in [1.807, 2.05) is 0 Å². The van der Waals surface area contributed by atoms with E-state index in [4.69, 9.17) is 27.3 Å². The second-order valence-electron chi connectivity index (χ2n) is 6.08. The summed E-state index contributed by atoms with van der Waals surface area (Å²) in [6, 6.07) is 6.50. The van der Waals surface area contributed by atoms with Crippen molar-refractivity contribution in [2.24, 2.45) is 5.73 Å². The van der Waals surface area contributed by atoms with E-state index in [2.05, 4.69) is 4.98 Å². The maximum atomic E-state index is 15.0. The van der Waals surface area contributed by atoms with Crippen LogP contribution >= 0.6 is 11.6 Å². The summed E-state index contributed by atoms with van der Waals surface area (Å²) in [4.78, 5) is 15.2. The largest absolute Gasteiger partial charge is 0.453 e. The minimum atomic E-state index is -4.73. The molecule has 0 radical (unpaired) electrons. The van der Waals surface area contributed by atoms with Gasteiger partial charge in [0.25, 0.3) is 5.91 Å². The standard InChI is InChI=1S/C19H11ClF4N4O2/c20-14-2-1-11(8-28-9-27-7-15(28)18(26)29)16(21)17(14)30-13-4-10(6-25)3-12(5-13)19(22,23)24/h1-5,7,9H,8H2,(H2,26,29). The van der Waals surface area contributed by atoms with Crippen LogP contribution in [0.15, 0.2) is 42.9 Å². The third-order valence-corrected chi connectivity index (χ3v) is 4.31. The van der Waals surface area contributed by atoms with Gasteiger partial charge < -0.3 is 15.0 Å². The number of imidazole rings is 1. The smallest absolute Gasteiger partial charge is 0.416 e. The van der Waals surface area contributed by atoms with Crippen LogP contribution in [0.2, 0.25) is 5.02 Å². The van der Waals surface area contributed by atoms with Crippen LogP contribution in [0.1, 0.15) is 27.2 Å². The summed E-state index contributed by atoms with van der Waals surface area (Å²) in [5.74, 6) is -2.67. The minimum Gasteiger partial charge on any atom is -0.453 e. The van der Waals surface area contributed by atoms with E-state index in [9.17, 15) is 18.0 Å². The van der Waals surface area contributed by atoms with Crippen molar-refractivity contribution >= 4 is 17.5 Å². The van der Waals surface area contributed by atoms with Crippen molar-refractivity contribution in [1.29, 1.82) is 5.26 Å². The summed E-state index contributed by atoms with van der Waals surface area (Å²) in [6.45, 7) is -0.163. The fourth-order valence-corrected chi connectivity index (χ4v) is 2.81. The Morgan fingerprint density at radius 2 is 2.03 bits per heavy atom. The number of primary amides is 1. The van der Waals surface area contributed by atoms with Crippen LogP contribution < -0.4 is 10.5 Å². The number of rotatable bonds is 5. The van der Waals surface area contributed by atoms with Crippen molar-refractivity contribution < 1.29 is 27.1 Å². The Morgan fingerprint density at radius 3 is 2.67 bits per heavy atom. The van der Waals surface area contributed by atoms with Crippen LogP contribution in [0.5, 0.6) is 11.5 Å². The molecular weight excluding hydrogens is 428 g/mol. The van der Waals surface area contributed by atoms with Gasteiger partial charge in [0.05, 0.1) is 41.3 Å². The number of carbonyl (C=O) groups excluding carboxylic acids is 1. The van der Waals surface area contributed by atoms with Gasteiger partial charge in [0.15, 0.2) is 11.6 Å². The van der Waals surface area contributed by atoms with Gasteiger partial charge in [0.1, 0.15) is 11.4 Å². The van der Waals surface area contributed by atoms with Gasteiger partial charge in [-0.15, -0.1) is 0 Å². The summed E-state index contributed by atoms with van der Waals surface area (Å²) >= 11 is 5.97. The molecule has 0 bridgehead atoms. The van der Waals surface area contributed by atoms with Crippen LogP contribution in [0.25, 0.3) is 0 Å². The fraction of sp³-hybridized carbons (Fsp3) is 0.105. The molecule has 0 aliphatic rings. The summed E-state index contributed by atoms with van der Waals surface area (Å²) < 4.78 is 60.7. The molecular formula is C19H11ClF4N4O2. The van der Waals surface area contributed by atoms with Crippen molar-refractivity contribution in [2.75, 3.05) is 0 Å². The molecule has 0 saturated carbocycles. The number of hydrogen-bond acceptors (Lipinski definition) is 4. The second kappa shape index (κ2) is 8.04. The Hall–Kier alpha value is -3.58. The summed E-state index contributed by atoms with van der Waals surface area (Å²) in [5.41, 5.74) is 3.82. The van der Waals surface area contributed by atoms with Crippen LogP contribution in [0.4, 0.5) is 17.6 Å². The molecule has 2 N–H and O–H groups in total. The molecule has 1 aromatic heterocycles.